The summed E-state index contributed by atoms with van der Waals surface area (Å²) in [6, 6.07) is 4.22. The van der Waals surface area contributed by atoms with E-state index < -0.39 is 11.7 Å². The summed E-state index contributed by atoms with van der Waals surface area (Å²) in [7, 11) is 0. The number of hydrogen-bond donors (Lipinski definition) is 1. The van der Waals surface area contributed by atoms with Crippen LogP contribution in [0.3, 0.4) is 0 Å². The van der Waals surface area contributed by atoms with Crippen LogP contribution in [0.1, 0.15) is 18.4 Å². The van der Waals surface area contributed by atoms with Gasteiger partial charge in [-0.2, -0.15) is 24.9 Å². The van der Waals surface area contributed by atoms with Crippen molar-refractivity contribution in [2.75, 3.05) is 16.8 Å². The molecule has 1 saturated heterocycles. The molecule has 100 valence electrons. The predicted octanol–water partition coefficient (Wildman–Crippen LogP) is 4.78. The van der Waals surface area contributed by atoms with Gasteiger partial charge in [-0.15, -0.1) is 0 Å². The normalized spacial score (nSPS) is 20.8. The quantitative estimate of drug-likeness (QED) is 0.832. The first-order chi connectivity index (χ1) is 8.45. The minimum atomic E-state index is -4.30. The van der Waals surface area contributed by atoms with Gasteiger partial charge in [0.1, 0.15) is 0 Å². The van der Waals surface area contributed by atoms with Gasteiger partial charge in [-0.05, 0) is 36.8 Å². The summed E-state index contributed by atoms with van der Waals surface area (Å²) in [6.45, 7) is 0. The van der Waals surface area contributed by atoms with E-state index in [9.17, 15) is 13.2 Å². The highest BCUT2D eigenvalue weighted by Gasteiger charge is 2.31. The summed E-state index contributed by atoms with van der Waals surface area (Å²) in [5.74, 6) is 2.10. The fourth-order valence-corrected chi connectivity index (χ4v) is 3.49. The second-order valence-electron chi connectivity index (χ2n) is 4.28. The van der Waals surface area contributed by atoms with Gasteiger partial charge in [-0.3, -0.25) is 0 Å². The van der Waals surface area contributed by atoms with Gasteiger partial charge in [0, 0.05) is 22.0 Å². The maximum absolute atomic E-state index is 12.7. The Hall–Kier alpha value is -0.360. The Morgan fingerprint density at radius 3 is 2.67 bits per heavy atom. The smallest absolute Gasteiger partial charge is 0.381 e. The number of hydrogen-bond acceptors (Lipinski definition) is 2. The second kappa shape index (κ2) is 5.74. The lowest BCUT2D eigenvalue weighted by Crippen LogP contribution is -2.25. The van der Waals surface area contributed by atoms with E-state index in [0.29, 0.717) is 10.2 Å². The van der Waals surface area contributed by atoms with E-state index in [4.69, 9.17) is 0 Å². The predicted molar refractivity (Wildman–Crippen MR) is 73.1 cm³/mol. The van der Waals surface area contributed by atoms with E-state index in [0.717, 1.165) is 30.4 Å². The molecule has 1 fully saturated rings. The molecule has 1 heterocycles. The van der Waals surface area contributed by atoms with E-state index in [-0.39, 0.29) is 6.04 Å². The monoisotopic (exact) mass is 339 g/mol. The lowest BCUT2D eigenvalue weighted by atomic mass is 10.1. The summed E-state index contributed by atoms with van der Waals surface area (Å²) < 4.78 is 38.5. The van der Waals surface area contributed by atoms with Crippen LogP contribution in [0.25, 0.3) is 0 Å². The Morgan fingerprint density at radius 1 is 1.28 bits per heavy atom. The van der Waals surface area contributed by atoms with Gasteiger partial charge in [0.2, 0.25) is 0 Å². The van der Waals surface area contributed by atoms with Crippen molar-refractivity contribution >= 4 is 33.4 Å². The molecule has 1 nitrogen and oxygen atoms in total. The van der Waals surface area contributed by atoms with Crippen LogP contribution in [0, 0.1) is 0 Å². The number of rotatable bonds is 2. The van der Waals surface area contributed by atoms with Crippen molar-refractivity contribution in [2.45, 2.75) is 25.1 Å². The number of nitrogens with one attached hydrogen (secondary N) is 1. The van der Waals surface area contributed by atoms with E-state index in [1.165, 1.54) is 6.07 Å². The Morgan fingerprint density at radius 2 is 2.06 bits per heavy atom. The number of anilines is 1. The molecule has 2 rings (SSSR count). The third-order valence-electron chi connectivity index (χ3n) is 2.76. The van der Waals surface area contributed by atoms with Crippen LogP contribution in [-0.4, -0.2) is 17.5 Å². The van der Waals surface area contributed by atoms with Crippen molar-refractivity contribution in [1.82, 2.24) is 0 Å². The highest BCUT2D eigenvalue weighted by Crippen LogP contribution is 2.34. The van der Waals surface area contributed by atoms with E-state index in [1.807, 2.05) is 11.8 Å². The third kappa shape index (κ3) is 3.82. The van der Waals surface area contributed by atoms with Gasteiger partial charge < -0.3 is 5.32 Å². The van der Waals surface area contributed by atoms with E-state index in [1.54, 1.807) is 6.07 Å². The Balaban J connectivity index is 2.14. The van der Waals surface area contributed by atoms with Crippen molar-refractivity contribution in [3.63, 3.8) is 0 Å². The molecule has 0 aliphatic carbocycles. The summed E-state index contributed by atoms with van der Waals surface area (Å²) in [4.78, 5) is 0. The molecule has 18 heavy (non-hydrogen) atoms. The van der Waals surface area contributed by atoms with Crippen LogP contribution in [0.2, 0.25) is 0 Å². The Bertz CT molecular complexity index is 416. The molecule has 1 aliphatic heterocycles. The lowest BCUT2D eigenvalue weighted by molar-refractivity contribution is -0.137. The minimum absolute atomic E-state index is 0.263. The van der Waals surface area contributed by atoms with Crippen LogP contribution in [0.4, 0.5) is 18.9 Å². The zero-order valence-corrected chi connectivity index (χ0v) is 12.0. The van der Waals surface area contributed by atoms with Gasteiger partial charge in [-0.25, -0.2) is 0 Å². The highest BCUT2D eigenvalue weighted by atomic mass is 79.9. The number of alkyl halides is 3. The van der Waals surface area contributed by atoms with Crippen molar-refractivity contribution in [2.24, 2.45) is 0 Å². The first kappa shape index (κ1) is 14.1. The van der Waals surface area contributed by atoms with Crippen LogP contribution < -0.4 is 5.32 Å². The molecule has 6 heteroatoms. The standard InChI is InChI=1S/C12H13BrF3NS/c13-9-4-8(12(14,15)16)5-11(6-9)17-10-2-1-3-18-7-10/h4-6,10,17H,1-3,7H2. The molecule has 1 N–H and O–H groups in total. The first-order valence-electron chi connectivity index (χ1n) is 5.67. The van der Waals surface area contributed by atoms with Gasteiger partial charge in [0.25, 0.3) is 0 Å². The Labute approximate surface area is 117 Å². The number of benzene rings is 1. The third-order valence-corrected chi connectivity index (χ3v) is 4.43. The molecule has 1 aromatic carbocycles. The van der Waals surface area contributed by atoms with Crippen LogP contribution in [0.5, 0.6) is 0 Å². The zero-order chi connectivity index (χ0) is 13.2. The van der Waals surface area contributed by atoms with E-state index >= 15 is 0 Å². The topological polar surface area (TPSA) is 12.0 Å². The summed E-state index contributed by atoms with van der Waals surface area (Å²) >= 11 is 4.96. The molecule has 0 radical (unpaired) electrons. The molecular formula is C12H13BrF3NS. The maximum atomic E-state index is 12.7. The van der Waals surface area contributed by atoms with Crippen molar-refractivity contribution < 1.29 is 13.2 Å². The molecule has 1 aliphatic rings. The summed E-state index contributed by atoms with van der Waals surface area (Å²) in [6.07, 6.45) is -2.18. The average molecular weight is 340 g/mol. The molecular weight excluding hydrogens is 327 g/mol. The van der Waals surface area contributed by atoms with Crippen LogP contribution in [0.15, 0.2) is 22.7 Å². The molecule has 0 bridgehead atoms. The molecule has 1 atom stereocenters. The molecule has 0 amide bonds. The molecule has 1 unspecified atom stereocenters. The number of halogens is 4. The highest BCUT2D eigenvalue weighted by molar-refractivity contribution is 9.10. The van der Waals surface area contributed by atoms with Crippen LogP contribution >= 0.6 is 27.7 Å². The lowest BCUT2D eigenvalue weighted by Gasteiger charge is -2.24. The molecule has 0 spiro atoms. The second-order valence-corrected chi connectivity index (χ2v) is 6.35. The summed E-state index contributed by atoms with van der Waals surface area (Å²) in [5, 5.41) is 3.18. The van der Waals surface area contributed by atoms with Crippen LogP contribution in [-0.2, 0) is 6.18 Å². The molecule has 0 aromatic heterocycles. The van der Waals surface area contributed by atoms with Crippen molar-refractivity contribution in [1.29, 1.82) is 0 Å². The summed E-state index contributed by atoms with van der Waals surface area (Å²) in [5.41, 5.74) is -0.0907. The minimum Gasteiger partial charge on any atom is -0.381 e. The largest absolute Gasteiger partial charge is 0.416 e. The average Bonchev–Trinajstić information content (AvgIpc) is 2.28. The van der Waals surface area contributed by atoms with Crippen molar-refractivity contribution in [3.8, 4) is 0 Å². The molecule has 0 saturated carbocycles. The fourth-order valence-electron chi connectivity index (χ4n) is 1.93. The van der Waals surface area contributed by atoms with Gasteiger partial charge in [0.15, 0.2) is 0 Å². The fraction of sp³-hybridized carbons (Fsp3) is 0.500. The first-order valence-corrected chi connectivity index (χ1v) is 7.62. The molecule has 1 aromatic rings. The van der Waals surface area contributed by atoms with Gasteiger partial charge in [0.05, 0.1) is 5.56 Å². The SMILES string of the molecule is FC(F)(F)c1cc(Br)cc(NC2CCCSC2)c1. The zero-order valence-electron chi connectivity index (χ0n) is 9.56. The maximum Gasteiger partial charge on any atom is 0.416 e. The number of thioether (sulfide) groups is 1. The van der Waals surface area contributed by atoms with Crippen molar-refractivity contribution in [3.05, 3.63) is 28.2 Å². The van der Waals surface area contributed by atoms with E-state index in [2.05, 4.69) is 21.2 Å². The van der Waals surface area contributed by atoms with Gasteiger partial charge >= 0.3 is 6.18 Å². The van der Waals surface area contributed by atoms with Gasteiger partial charge in [-0.1, -0.05) is 15.9 Å². The Kier molecular flexibility index (Phi) is 4.48.